The summed E-state index contributed by atoms with van der Waals surface area (Å²) in [4.78, 5) is 20.5. The SMILES string of the molecule is CCN1C(=O)C(Cc2cc(Cl)ccc2Cl)N=C(c2ccccc2)c2cc(OC)c(OC)cc21. The Hall–Kier alpha value is -3.02. The fraction of sp³-hybridized carbons (Fsp3) is 0.231. The van der Waals surface area contributed by atoms with Crippen LogP contribution in [0.3, 0.4) is 0 Å². The van der Waals surface area contributed by atoms with Gasteiger partial charge in [-0.15, -0.1) is 0 Å². The summed E-state index contributed by atoms with van der Waals surface area (Å²) in [6.07, 6.45) is 0.327. The summed E-state index contributed by atoms with van der Waals surface area (Å²) < 4.78 is 11.1. The van der Waals surface area contributed by atoms with E-state index in [4.69, 9.17) is 37.7 Å². The number of fused-ring (bicyclic) bond motifs is 1. The molecule has 3 aromatic carbocycles. The van der Waals surface area contributed by atoms with Crippen LogP contribution in [0.5, 0.6) is 11.5 Å². The normalized spacial score (nSPS) is 15.5. The first-order valence-electron chi connectivity index (χ1n) is 10.6. The predicted molar refractivity (Wildman–Crippen MR) is 134 cm³/mol. The molecule has 3 aromatic rings. The van der Waals surface area contributed by atoms with Gasteiger partial charge in [0.05, 0.1) is 25.6 Å². The number of aliphatic imine (C=N–C) groups is 1. The fourth-order valence-electron chi connectivity index (χ4n) is 4.05. The summed E-state index contributed by atoms with van der Waals surface area (Å²) in [6.45, 7) is 2.41. The van der Waals surface area contributed by atoms with Crippen LogP contribution in [0, 0.1) is 0 Å². The summed E-state index contributed by atoms with van der Waals surface area (Å²) >= 11 is 12.6. The molecule has 1 aliphatic rings. The number of amides is 1. The van der Waals surface area contributed by atoms with E-state index in [9.17, 15) is 4.79 Å². The van der Waals surface area contributed by atoms with Gasteiger partial charge < -0.3 is 14.4 Å². The lowest BCUT2D eigenvalue weighted by Gasteiger charge is -2.25. The number of benzodiazepines with no additional fused rings is 1. The molecule has 0 aromatic heterocycles. The minimum Gasteiger partial charge on any atom is -0.493 e. The average molecular weight is 483 g/mol. The van der Waals surface area contributed by atoms with E-state index in [1.54, 1.807) is 37.3 Å². The van der Waals surface area contributed by atoms with Crippen molar-refractivity contribution in [1.82, 2.24) is 0 Å². The molecule has 0 spiro atoms. The van der Waals surface area contributed by atoms with Crippen molar-refractivity contribution in [3.63, 3.8) is 0 Å². The lowest BCUT2D eigenvalue weighted by Crippen LogP contribution is -2.38. The van der Waals surface area contributed by atoms with Crippen molar-refractivity contribution in [2.75, 3.05) is 25.7 Å². The van der Waals surface area contributed by atoms with E-state index in [1.807, 2.05) is 49.4 Å². The van der Waals surface area contributed by atoms with Crippen molar-refractivity contribution in [2.45, 2.75) is 19.4 Å². The van der Waals surface area contributed by atoms with Gasteiger partial charge in [-0.05, 0) is 36.8 Å². The number of rotatable bonds is 6. The van der Waals surface area contributed by atoms with E-state index in [1.165, 1.54) is 0 Å². The Bertz CT molecular complexity index is 1210. The molecule has 1 aliphatic heterocycles. The van der Waals surface area contributed by atoms with E-state index in [0.717, 1.165) is 22.4 Å². The van der Waals surface area contributed by atoms with Crippen molar-refractivity contribution < 1.29 is 14.3 Å². The van der Waals surface area contributed by atoms with Crippen LogP contribution >= 0.6 is 23.2 Å². The van der Waals surface area contributed by atoms with Crippen molar-refractivity contribution in [2.24, 2.45) is 4.99 Å². The van der Waals surface area contributed by atoms with E-state index in [0.29, 0.717) is 40.2 Å². The zero-order chi connectivity index (χ0) is 23.5. The first-order chi connectivity index (χ1) is 16.0. The van der Waals surface area contributed by atoms with Gasteiger partial charge in [-0.2, -0.15) is 0 Å². The van der Waals surface area contributed by atoms with Gasteiger partial charge in [-0.3, -0.25) is 9.79 Å². The molecule has 0 aliphatic carbocycles. The molecule has 7 heteroatoms. The molecule has 4 rings (SSSR count). The largest absolute Gasteiger partial charge is 0.493 e. The van der Waals surface area contributed by atoms with Gasteiger partial charge in [-0.1, -0.05) is 53.5 Å². The Morgan fingerprint density at radius 3 is 2.33 bits per heavy atom. The lowest BCUT2D eigenvalue weighted by atomic mass is 9.99. The van der Waals surface area contributed by atoms with Gasteiger partial charge in [0.1, 0.15) is 6.04 Å². The van der Waals surface area contributed by atoms with E-state index < -0.39 is 6.04 Å². The van der Waals surface area contributed by atoms with Gasteiger partial charge in [-0.25, -0.2) is 0 Å². The van der Waals surface area contributed by atoms with Crippen molar-refractivity contribution in [1.29, 1.82) is 0 Å². The van der Waals surface area contributed by atoms with Gasteiger partial charge in [0.25, 0.3) is 5.91 Å². The summed E-state index contributed by atoms with van der Waals surface area (Å²) in [5, 5.41) is 1.12. The molecule has 0 fully saturated rings. The summed E-state index contributed by atoms with van der Waals surface area (Å²) in [6, 6.07) is 18.1. The van der Waals surface area contributed by atoms with Crippen molar-refractivity contribution in [3.8, 4) is 11.5 Å². The lowest BCUT2D eigenvalue weighted by molar-refractivity contribution is -0.119. The maximum absolute atomic E-state index is 13.7. The van der Waals surface area contributed by atoms with E-state index in [-0.39, 0.29) is 5.91 Å². The summed E-state index contributed by atoms with van der Waals surface area (Å²) in [7, 11) is 3.17. The molecule has 0 bridgehead atoms. The monoisotopic (exact) mass is 482 g/mol. The number of methoxy groups -OCH3 is 2. The minimum absolute atomic E-state index is 0.118. The molecule has 33 heavy (non-hydrogen) atoms. The molecule has 5 nitrogen and oxygen atoms in total. The highest BCUT2D eigenvalue weighted by Gasteiger charge is 2.33. The van der Waals surface area contributed by atoms with Gasteiger partial charge in [0.15, 0.2) is 11.5 Å². The Balaban J connectivity index is 1.94. The second-order valence-electron chi connectivity index (χ2n) is 7.61. The van der Waals surface area contributed by atoms with Crippen LogP contribution in [-0.2, 0) is 11.2 Å². The highest BCUT2D eigenvalue weighted by molar-refractivity contribution is 6.33. The van der Waals surface area contributed by atoms with E-state index in [2.05, 4.69) is 0 Å². The van der Waals surface area contributed by atoms with Crippen LogP contribution in [0.4, 0.5) is 5.69 Å². The molecule has 170 valence electrons. The molecular weight excluding hydrogens is 459 g/mol. The summed E-state index contributed by atoms with van der Waals surface area (Å²) in [5.41, 5.74) is 3.91. The molecule has 0 saturated carbocycles. The maximum Gasteiger partial charge on any atom is 0.252 e. The number of halogens is 2. The van der Waals surface area contributed by atoms with Crippen LogP contribution in [-0.4, -0.2) is 38.4 Å². The zero-order valence-electron chi connectivity index (χ0n) is 18.6. The van der Waals surface area contributed by atoms with Gasteiger partial charge in [0.2, 0.25) is 0 Å². The van der Waals surface area contributed by atoms with Crippen LogP contribution in [0.1, 0.15) is 23.6 Å². The number of anilines is 1. The zero-order valence-corrected chi connectivity index (χ0v) is 20.2. The number of hydrogen-bond donors (Lipinski definition) is 0. The van der Waals surface area contributed by atoms with Crippen LogP contribution in [0.2, 0.25) is 10.0 Å². The second kappa shape index (κ2) is 9.86. The predicted octanol–water partition coefficient (Wildman–Crippen LogP) is 5.83. The molecule has 0 radical (unpaired) electrons. The Morgan fingerprint density at radius 1 is 0.970 bits per heavy atom. The third-order valence-corrected chi connectivity index (χ3v) is 6.27. The van der Waals surface area contributed by atoms with Gasteiger partial charge in [0, 0.05) is 40.2 Å². The van der Waals surface area contributed by atoms with Crippen LogP contribution < -0.4 is 14.4 Å². The number of nitrogens with zero attached hydrogens (tertiary/aromatic N) is 2. The van der Waals surface area contributed by atoms with Crippen LogP contribution in [0.25, 0.3) is 0 Å². The molecule has 0 saturated heterocycles. The number of carbonyl (C=O) groups is 1. The molecular formula is C26H24Cl2N2O3. The topological polar surface area (TPSA) is 51.1 Å². The maximum atomic E-state index is 13.7. The van der Waals surface area contributed by atoms with Crippen molar-refractivity contribution in [3.05, 3.63) is 87.4 Å². The van der Waals surface area contributed by atoms with Crippen LogP contribution in [0.15, 0.2) is 65.7 Å². The number of benzene rings is 3. The number of carbonyl (C=O) groups excluding carboxylic acids is 1. The van der Waals surface area contributed by atoms with E-state index >= 15 is 0 Å². The smallest absolute Gasteiger partial charge is 0.252 e. The third kappa shape index (κ3) is 4.56. The minimum atomic E-state index is -0.680. The van der Waals surface area contributed by atoms with Crippen molar-refractivity contribution >= 4 is 40.5 Å². The summed E-state index contributed by atoms with van der Waals surface area (Å²) in [5.74, 6) is 0.999. The molecule has 1 heterocycles. The first kappa shape index (κ1) is 23.1. The standard InChI is InChI=1S/C26H24Cl2N2O3/c1-4-30-22-15-24(33-3)23(32-2)14-19(22)25(16-8-6-5-7-9-16)29-21(26(30)31)13-17-12-18(27)10-11-20(17)28/h5-12,14-15,21H,4,13H2,1-3H3. The highest BCUT2D eigenvalue weighted by Crippen LogP contribution is 2.39. The Kier molecular flexibility index (Phi) is 6.91. The second-order valence-corrected chi connectivity index (χ2v) is 8.45. The molecule has 1 atom stereocenters. The Morgan fingerprint density at radius 2 is 1.67 bits per heavy atom. The number of likely N-dealkylation sites (N-methyl/N-ethyl adjacent to an activating group) is 1. The molecule has 0 N–H and O–H groups in total. The molecule has 1 unspecified atom stereocenters. The number of ether oxygens (including phenoxy) is 2. The molecule has 1 amide bonds. The Labute approximate surface area is 203 Å². The number of hydrogen-bond acceptors (Lipinski definition) is 4. The van der Waals surface area contributed by atoms with Gasteiger partial charge >= 0.3 is 0 Å². The quantitative estimate of drug-likeness (QED) is 0.444. The highest BCUT2D eigenvalue weighted by atomic mass is 35.5. The third-order valence-electron chi connectivity index (χ3n) is 5.67. The first-order valence-corrected chi connectivity index (χ1v) is 11.4. The average Bonchev–Trinajstić information content (AvgIpc) is 2.94. The fourth-order valence-corrected chi connectivity index (χ4v) is 4.44.